The number of nitrogens with two attached hydrogens (primary N) is 1. The molecule has 2 fully saturated rings. The molecule has 0 radical (unpaired) electrons. The van der Waals surface area contributed by atoms with Crippen LogP contribution < -0.4 is 5.73 Å². The van der Waals surface area contributed by atoms with Crippen LogP contribution in [0, 0.1) is 11.8 Å². The molecule has 18 heavy (non-hydrogen) atoms. The number of hydrogen-bond acceptors (Lipinski definition) is 3. The predicted octanol–water partition coefficient (Wildman–Crippen LogP) is 1.78. The van der Waals surface area contributed by atoms with Crippen LogP contribution in [-0.2, 0) is 0 Å². The van der Waals surface area contributed by atoms with Gasteiger partial charge in [-0.1, -0.05) is 19.3 Å². The number of likely N-dealkylation sites (tertiary alicyclic amines) is 1. The van der Waals surface area contributed by atoms with Crippen molar-refractivity contribution in [2.24, 2.45) is 17.6 Å². The van der Waals surface area contributed by atoms with Crippen LogP contribution in [0.25, 0.3) is 0 Å². The summed E-state index contributed by atoms with van der Waals surface area (Å²) in [6.07, 6.45) is 8.28. The molecule has 3 nitrogen and oxygen atoms in total. The third-order valence-electron chi connectivity index (χ3n) is 5.02. The molecule has 3 unspecified atom stereocenters. The summed E-state index contributed by atoms with van der Waals surface area (Å²) >= 11 is 0. The van der Waals surface area contributed by atoms with E-state index < -0.39 is 0 Å². The van der Waals surface area contributed by atoms with Gasteiger partial charge in [0.25, 0.3) is 0 Å². The van der Waals surface area contributed by atoms with Crippen LogP contribution in [0.5, 0.6) is 0 Å². The summed E-state index contributed by atoms with van der Waals surface area (Å²) in [6.45, 7) is 4.71. The molecule has 0 spiro atoms. The zero-order chi connectivity index (χ0) is 13.0. The van der Waals surface area contributed by atoms with Gasteiger partial charge >= 0.3 is 0 Å². The minimum Gasteiger partial charge on any atom is -0.330 e. The summed E-state index contributed by atoms with van der Waals surface area (Å²) in [5.74, 6) is 1.61. The topological polar surface area (TPSA) is 32.5 Å². The Kier molecular flexibility index (Phi) is 5.46. The fourth-order valence-corrected chi connectivity index (χ4v) is 3.94. The average Bonchev–Trinajstić information content (AvgIpc) is 2.65. The number of rotatable bonds is 4. The van der Waals surface area contributed by atoms with Crippen LogP contribution in [-0.4, -0.2) is 56.1 Å². The summed E-state index contributed by atoms with van der Waals surface area (Å²) in [6, 6.07) is 0.739. The first kappa shape index (κ1) is 14.3. The van der Waals surface area contributed by atoms with Gasteiger partial charge in [-0.05, 0) is 58.3 Å². The van der Waals surface area contributed by atoms with Crippen LogP contribution in [0.3, 0.4) is 0 Å². The smallest absolute Gasteiger partial charge is 0.0133 e. The van der Waals surface area contributed by atoms with Crippen molar-refractivity contribution in [1.29, 1.82) is 0 Å². The van der Waals surface area contributed by atoms with Crippen molar-refractivity contribution in [3.05, 3.63) is 0 Å². The number of nitrogens with zero attached hydrogens (tertiary/aromatic N) is 2. The highest BCUT2D eigenvalue weighted by Gasteiger charge is 2.28. The fourth-order valence-electron chi connectivity index (χ4n) is 3.94. The minimum atomic E-state index is 0.733. The minimum absolute atomic E-state index is 0.733. The second kappa shape index (κ2) is 6.88. The highest BCUT2D eigenvalue weighted by molar-refractivity contribution is 4.84. The lowest BCUT2D eigenvalue weighted by atomic mass is 9.93. The van der Waals surface area contributed by atoms with E-state index in [0.717, 1.165) is 24.4 Å². The van der Waals surface area contributed by atoms with Gasteiger partial charge in [0.1, 0.15) is 0 Å². The van der Waals surface area contributed by atoms with Crippen molar-refractivity contribution in [2.45, 2.75) is 44.6 Å². The maximum atomic E-state index is 6.00. The van der Waals surface area contributed by atoms with E-state index in [4.69, 9.17) is 5.73 Å². The summed E-state index contributed by atoms with van der Waals surface area (Å²) in [7, 11) is 4.57. The molecule has 2 rings (SSSR count). The van der Waals surface area contributed by atoms with E-state index >= 15 is 0 Å². The Balaban J connectivity index is 1.86. The Morgan fingerprint density at radius 2 is 1.94 bits per heavy atom. The second-order valence-corrected chi connectivity index (χ2v) is 6.56. The van der Waals surface area contributed by atoms with E-state index in [-0.39, 0.29) is 0 Å². The van der Waals surface area contributed by atoms with Gasteiger partial charge in [0.2, 0.25) is 0 Å². The Labute approximate surface area is 113 Å². The third kappa shape index (κ3) is 3.69. The first-order valence-electron chi connectivity index (χ1n) is 7.79. The van der Waals surface area contributed by atoms with Crippen molar-refractivity contribution < 1.29 is 0 Å². The molecule has 3 heteroatoms. The molecule has 3 atom stereocenters. The highest BCUT2D eigenvalue weighted by atomic mass is 15.2. The van der Waals surface area contributed by atoms with Crippen LogP contribution in [0.15, 0.2) is 0 Å². The fraction of sp³-hybridized carbons (Fsp3) is 1.00. The first-order valence-corrected chi connectivity index (χ1v) is 7.79. The Morgan fingerprint density at radius 3 is 2.61 bits per heavy atom. The molecule has 0 amide bonds. The van der Waals surface area contributed by atoms with E-state index in [1.165, 1.54) is 58.2 Å². The van der Waals surface area contributed by atoms with Crippen molar-refractivity contribution in [1.82, 2.24) is 9.80 Å². The lowest BCUT2D eigenvalue weighted by Crippen LogP contribution is -2.43. The van der Waals surface area contributed by atoms with E-state index in [9.17, 15) is 0 Å². The zero-order valence-corrected chi connectivity index (χ0v) is 12.3. The predicted molar refractivity (Wildman–Crippen MR) is 77.7 cm³/mol. The zero-order valence-electron chi connectivity index (χ0n) is 12.3. The van der Waals surface area contributed by atoms with E-state index in [0.29, 0.717) is 0 Å². The number of hydrogen-bond donors (Lipinski definition) is 1. The second-order valence-electron chi connectivity index (χ2n) is 6.56. The van der Waals surface area contributed by atoms with Gasteiger partial charge < -0.3 is 15.5 Å². The van der Waals surface area contributed by atoms with Gasteiger partial charge in [-0.3, -0.25) is 0 Å². The van der Waals surface area contributed by atoms with Gasteiger partial charge in [-0.15, -0.1) is 0 Å². The molecule has 1 aliphatic carbocycles. The van der Waals surface area contributed by atoms with Crippen LogP contribution in [0.4, 0.5) is 0 Å². The molecule has 0 aromatic rings. The van der Waals surface area contributed by atoms with Crippen molar-refractivity contribution in [2.75, 3.05) is 40.3 Å². The van der Waals surface area contributed by atoms with Gasteiger partial charge in [-0.2, -0.15) is 0 Å². The maximum Gasteiger partial charge on any atom is 0.0133 e. The molecular weight excluding hydrogens is 222 g/mol. The summed E-state index contributed by atoms with van der Waals surface area (Å²) in [5, 5.41) is 0. The maximum absolute atomic E-state index is 6.00. The molecule has 0 aromatic carbocycles. The van der Waals surface area contributed by atoms with Crippen molar-refractivity contribution in [3.63, 3.8) is 0 Å². The van der Waals surface area contributed by atoms with Crippen LogP contribution in [0.2, 0.25) is 0 Å². The van der Waals surface area contributed by atoms with Gasteiger partial charge in [0, 0.05) is 19.1 Å². The molecule has 0 bridgehead atoms. The molecule has 2 N–H and O–H groups in total. The molecule has 2 aliphatic rings. The monoisotopic (exact) mass is 253 g/mol. The quantitative estimate of drug-likeness (QED) is 0.775. The van der Waals surface area contributed by atoms with Gasteiger partial charge in [-0.25, -0.2) is 0 Å². The SMILES string of the molecule is CN1CCC(CN(C)C2CCCCCC2CN)C1. The summed E-state index contributed by atoms with van der Waals surface area (Å²) < 4.78 is 0. The molecule has 0 aromatic heterocycles. The van der Waals surface area contributed by atoms with Crippen LogP contribution in [0.1, 0.15) is 38.5 Å². The average molecular weight is 253 g/mol. The lowest BCUT2D eigenvalue weighted by Gasteiger charge is -2.34. The third-order valence-corrected chi connectivity index (χ3v) is 5.02. The normalized spacial score (nSPS) is 35.0. The molecule has 1 saturated heterocycles. The molecule has 106 valence electrons. The van der Waals surface area contributed by atoms with E-state index in [2.05, 4.69) is 23.9 Å². The van der Waals surface area contributed by atoms with Crippen LogP contribution >= 0.6 is 0 Å². The molecule has 1 aliphatic heterocycles. The summed E-state index contributed by atoms with van der Waals surface area (Å²) in [5.41, 5.74) is 6.00. The Hall–Kier alpha value is -0.120. The molecular formula is C15H31N3. The standard InChI is InChI=1S/C15H31N3/c1-17-9-8-13(11-17)12-18(2)15-7-5-3-4-6-14(15)10-16/h13-15H,3-12,16H2,1-2H3. The molecule has 1 heterocycles. The summed E-state index contributed by atoms with van der Waals surface area (Å²) in [4.78, 5) is 5.10. The van der Waals surface area contributed by atoms with Crippen molar-refractivity contribution in [3.8, 4) is 0 Å². The molecule has 1 saturated carbocycles. The van der Waals surface area contributed by atoms with Gasteiger partial charge in [0.15, 0.2) is 0 Å². The lowest BCUT2D eigenvalue weighted by molar-refractivity contribution is 0.146. The van der Waals surface area contributed by atoms with Gasteiger partial charge in [0.05, 0.1) is 0 Å². The van der Waals surface area contributed by atoms with E-state index in [1.54, 1.807) is 0 Å². The van der Waals surface area contributed by atoms with Crippen molar-refractivity contribution >= 4 is 0 Å². The highest BCUT2D eigenvalue weighted by Crippen LogP contribution is 2.27. The Bertz CT molecular complexity index is 244. The largest absolute Gasteiger partial charge is 0.330 e. The van der Waals surface area contributed by atoms with E-state index in [1.807, 2.05) is 0 Å². The Morgan fingerprint density at radius 1 is 1.17 bits per heavy atom. The first-order chi connectivity index (χ1) is 8.70.